The van der Waals surface area contributed by atoms with Crippen molar-refractivity contribution >= 4 is 29.1 Å². The molecule has 0 spiro atoms. The van der Waals surface area contributed by atoms with Crippen molar-refractivity contribution in [3.63, 3.8) is 0 Å². The summed E-state index contributed by atoms with van der Waals surface area (Å²) in [6.45, 7) is 0.647. The lowest BCUT2D eigenvalue weighted by molar-refractivity contribution is 0.415. The van der Waals surface area contributed by atoms with E-state index >= 15 is 0 Å². The van der Waals surface area contributed by atoms with E-state index in [9.17, 15) is 5.26 Å². The van der Waals surface area contributed by atoms with Crippen molar-refractivity contribution in [3.8, 4) is 11.9 Å². The molecule has 1 atom stereocenters. The zero-order chi connectivity index (χ0) is 21.3. The summed E-state index contributed by atoms with van der Waals surface area (Å²) in [5.41, 5.74) is 4.58. The van der Waals surface area contributed by atoms with Crippen LogP contribution in [-0.2, 0) is 6.54 Å². The van der Waals surface area contributed by atoms with Crippen LogP contribution < -0.4 is 14.6 Å². The molecule has 0 saturated heterocycles. The van der Waals surface area contributed by atoms with Gasteiger partial charge in [0.1, 0.15) is 11.4 Å². The number of quaternary nitrogens is 1. The molecule has 2 heterocycles. The molecule has 0 saturated carbocycles. The predicted octanol–water partition coefficient (Wildman–Crippen LogP) is 4.90. The lowest BCUT2D eigenvalue weighted by atomic mass is 10.0. The number of hydrogen-bond acceptors (Lipinski definition) is 5. The Labute approximate surface area is 180 Å². The molecule has 3 aromatic carbocycles. The van der Waals surface area contributed by atoms with E-state index in [-0.39, 0.29) is 4.59 Å². The highest BCUT2D eigenvalue weighted by molar-refractivity contribution is 6.21. The maximum Gasteiger partial charge on any atom is 0.351 e. The van der Waals surface area contributed by atoms with Crippen LogP contribution in [0.25, 0.3) is 6.08 Å². The highest BCUT2D eigenvalue weighted by Crippen LogP contribution is 2.42. The van der Waals surface area contributed by atoms with Gasteiger partial charge in [0.2, 0.25) is 11.5 Å². The molecule has 5 rings (SSSR count). The third-order valence-electron chi connectivity index (χ3n) is 5.42. The fourth-order valence-electron chi connectivity index (χ4n) is 3.85. The van der Waals surface area contributed by atoms with Crippen LogP contribution in [0.2, 0.25) is 0 Å². The molecular formula is C25H20N5O+. The average Bonchev–Trinajstić information content (AvgIpc) is 3.23. The summed E-state index contributed by atoms with van der Waals surface area (Å²) in [6.07, 6.45) is 6.26. The number of amidine groups is 2. The predicted molar refractivity (Wildman–Crippen MR) is 124 cm³/mol. The molecular weight excluding hydrogens is 386 g/mol. The number of ether oxygens (including phenoxy) is 1. The number of benzene rings is 3. The van der Waals surface area contributed by atoms with Crippen LogP contribution in [0.5, 0.6) is 5.75 Å². The van der Waals surface area contributed by atoms with Gasteiger partial charge in [-0.1, -0.05) is 36.4 Å². The van der Waals surface area contributed by atoms with Gasteiger partial charge in [0.25, 0.3) is 5.84 Å². The first kappa shape index (κ1) is 18.8. The minimum atomic E-state index is -0.328. The van der Waals surface area contributed by atoms with Crippen molar-refractivity contribution in [3.05, 3.63) is 95.6 Å². The SMILES string of the molecule is COc1ccc(C2=N[N+]3(C#N)C(=N2)C=Cc2cccc(NCc4ccccc4)c23)cc1. The second-order valence-electron chi connectivity index (χ2n) is 7.27. The van der Waals surface area contributed by atoms with Crippen LogP contribution in [0, 0.1) is 11.5 Å². The Hall–Kier alpha value is -4.21. The number of fused-ring (bicyclic) bond motifs is 3. The highest BCUT2D eigenvalue weighted by atomic mass is 16.5. The van der Waals surface area contributed by atoms with Gasteiger partial charge < -0.3 is 10.1 Å². The fourth-order valence-corrected chi connectivity index (χ4v) is 3.85. The van der Waals surface area contributed by atoms with Crippen LogP contribution in [0.1, 0.15) is 16.7 Å². The first-order valence-electron chi connectivity index (χ1n) is 9.97. The second kappa shape index (κ2) is 7.56. The number of nitrogens with one attached hydrogen (secondary N) is 1. The van der Waals surface area contributed by atoms with Crippen LogP contribution >= 0.6 is 0 Å². The topological polar surface area (TPSA) is 69.8 Å². The molecule has 6 nitrogen and oxygen atoms in total. The minimum absolute atomic E-state index is 0.328. The Morgan fingerprint density at radius 3 is 2.52 bits per heavy atom. The summed E-state index contributed by atoms with van der Waals surface area (Å²) in [5.74, 6) is 1.86. The normalized spacial score (nSPS) is 18.3. The summed E-state index contributed by atoms with van der Waals surface area (Å²) < 4.78 is 4.91. The van der Waals surface area contributed by atoms with Gasteiger partial charge in [0.15, 0.2) is 0 Å². The van der Waals surface area contributed by atoms with Gasteiger partial charge in [-0.25, -0.2) is 0 Å². The molecule has 0 radical (unpaired) electrons. The number of nitriles is 1. The Balaban J connectivity index is 1.57. The van der Waals surface area contributed by atoms with Crippen LogP contribution in [0.4, 0.5) is 11.4 Å². The van der Waals surface area contributed by atoms with Gasteiger partial charge >= 0.3 is 6.19 Å². The van der Waals surface area contributed by atoms with Crippen LogP contribution in [-0.4, -0.2) is 18.8 Å². The molecule has 2 aliphatic heterocycles. The summed E-state index contributed by atoms with van der Waals surface area (Å²) in [6, 6.07) is 23.7. The van der Waals surface area contributed by atoms with Crippen molar-refractivity contribution in [2.75, 3.05) is 12.4 Å². The maximum atomic E-state index is 10.3. The van der Waals surface area contributed by atoms with E-state index in [0.29, 0.717) is 18.2 Å². The molecule has 31 heavy (non-hydrogen) atoms. The maximum absolute atomic E-state index is 10.3. The Bertz CT molecular complexity index is 1270. The highest BCUT2D eigenvalue weighted by Gasteiger charge is 2.48. The minimum Gasteiger partial charge on any atom is -0.497 e. The quantitative estimate of drug-likeness (QED) is 0.484. The molecule has 0 bridgehead atoms. The molecule has 1 unspecified atom stereocenters. The lowest BCUT2D eigenvalue weighted by Crippen LogP contribution is -2.44. The van der Waals surface area contributed by atoms with E-state index in [4.69, 9.17) is 14.8 Å². The number of para-hydroxylation sites is 1. The molecule has 1 N–H and O–H groups in total. The van der Waals surface area contributed by atoms with Crippen LogP contribution in [0.3, 0.4) is 0 Å². The zero-order valence-electron chi connectivity index (χ0n) is 17.0. The van der Waals surface area contributed by atoms with E-state index in [1.165, 1.54) is 0 Å². The van der Waals surface area contributed by atoms with Gasteiger partial charge in [-0.15, -0.1) is 5.26 Å². The van der Waals surface area contributed by atoms with E-state index in [1.807, 2.05) is 72.8 Å². The Kier molecular flexibility index (Phi) is 4.58. The number of anilines is 1. The Morgan fingerprint density at radius 2 is 1.77 bits per heavy atom. The summed E-state index contributed by atoms with van der Waals surface area (Å²) in [5, 5.41) is 18.6. The number of methoxy groups -OCH3 is 1. The molecule has 3 aromatic rings. The van der Waals surface area contributed by atoms with Crippen LogP contribution in [0.15, 0.2) is 89.0 Å². The lowest BCUT2D eigenvalue weighted by Gasteiger charge is -2.25. The number of hydrogen-bond donors (Lipinski definition) is 1. The zero-order valence-corrected chi connectivity index (χ0v) is 17.0. The molecule has 2 aliphatic rings. The molecule has 0 aliphatic carbocycles. The second-order valence-corrected chi connectivity index (χ2v) is 7.27. The van der Waals surface area contributed by atoms with Crippen molar-refractivity contribution in [1.29, 1.82) is 5.26 Å². The summed E-state index contributed by atoms with van der Waals surface area (Å²) in [7, 11) is 1.63. The monoisotopic (exact) mass is 406 g/mol. The van der Waals surface area contributed by atoms with E-state index in [1.54, 1.807) is 7.11 Å². The van der Waals surface area contributed by atoms with Gasteiger partial charge in [0, 0.05) is 23.7 Å². The molecule has 150 valence electrons. The number of aliphatic imine (C=N–C) groups is 1. The first-order chi connectivity index (χ1) is 15.2. The summed E-state index contributed by atoms with van der Waals surface area (Å²) >= 11 is 0. The third kappa shape index (κ3) is 3.18. The number of nitrogens with zero attached hydrogens (tertiary/aromatic N) is 4. The molecule has 0 aromatic heterocycles. The average molecular weight is 406 g/mol. The number of rotatable bonds is 5. The standard InChI is InChI=1S/C25H20N5O/c1-31-21-13-10-20(11-14-21)25-28-23-15-12-19-8-5-9-22(24(19)30(23,17-26)29-25)27-16-18-6-3-2-4-7-18/h2-15,27H,16H2,1H3/q+1. The summed E-state index contributed by atoms with van der Waals surface area (Å²) in [4.78, 5) is 4.70. The molecule has 6 heteroatoms. The van der Waals surface area contributed by atoms with Crippen molar-refractivity contribution < 1.29 is 4.74 Å². The smallest absolute Gasteiger partial charge is 0.351 e. The largest absolute Gasteiger partial charge is 0.497 e. The first-order valence-corrected chi connectivity index (χ1v) is 9.97. The van der Waals surface area contributed by atoms with Crippen molar-refractivity contribution in [2.24, 2.45) is 10.1 Å². The fraction of sp³-hybridized carbons (Fsp3) is 0.0800. The van der Waals surface area contributed by atoms with E-state index in [0.717, 1.165) is 33.8 Å². The Morgan fingerprint density at radius 1 is 0.968 bits per heavy atom. The molecule has 0 amide bonds. The molecule has 0 fully saturated rings. The van der Waals surface area contributed by atoms with Gasteiger partial charge in [-0.05, 0) is 57.7 Å². The van der Waals surface area contributed by atoms with Gasteiger partial charge in [-0.2, -0.15) is 4.99 Å². The van der Waals surface area contributed by atoms with E-state index < -0.39 is 0 Å². The van der Waals surface area contributed by atoms with Crippen molar-refractivity contribution in [2.45, 2.75) is 6.54 Å². The van der Waals surface area contributed by atoms with Crippen molar-refractivity contribution in [1.82, 2.24) is 4.59 Å². The van der Waals surface area contributed by atoms with Gasteiger partial charge in [-0.3, -0.25) is 0 Å². The van der Waals surface area contributed by atoms with E-state index in [2.05, 4.69) is 23.6 Å². The van der Waals surface area contributed by atoms with Gasteiger partial charge in [0.05, 0.1) is 7.11 Å². The third-order valence-corrected chi connectivity index (χ3v) is 5.42.